The Labute approximate surface area is 145 Å². The van der Waals surface area contributed by atoms with Crippen molar-refractivity contribution in [1.29, 1.82) is 0 Å². The Bertz CT molecular complexity index is 966. The van der Waals surface area contributed by atoms with Crippen LogP contribution in [0.3, 0.4) is 0 Å². The van der Waals surface area contributed by atoms with Crippen molar-refractivity contribution in [3.8, 4) is 5.95 Å². The Hall–Kier alpha value is -2.54. The van der Waals surface area contributed by atoms with Gasteiger partial charge in [-0.2, -0.15) is 14.9 Å². The highest BCUT2D eigenvalue weighted by Gasteiger charge is 2.12. The van der Waals surface area contributed by atoms with Crippen molar-refractivity contribution in [3.63, 3.8) is 0 Å². The maximum Gasteiger partial charge on any atom is 0.271 e. The zero-order chi connectivity index (χ0) is 17.4. The standard InChI is InChI=1S/C17H20N6S/c1-10-6-11(2)15(12(3)7-10)9-18-23-16(19-20-17(23)24)22-14(5)8-13(4)21-22/h6-9H,1-5H3,(H,20,24)/b18-9-. The third-order valence-corrected chi connectivity index (χ3v) is 4.14. The van der Waals surface area contributed by atoms with Gasteiger partial charge in [-0.25, -0.2) is 9.78 Å². The van der Waals surface area contributed by atoms with E-state index in [4.69, 9.17) is 12.2 Å². The smallest absolute Gasteiger partial charge is 0.248 e. The highest BCUT2D eigenvalue weighted by atomic mass is 32.1. The van der Waals surface area contributed by atoms with Gasteiger partial charge < -0.3 is 0 Å². The second-order valence-electron chi connectivity index (χ2n) is 6.04. The van der Waals surface area contributed by atoms with E-state index in [1.165, 1.54) is 16.7 Å². The third-order valence-electron chi connectivity index (χ3n) is 3.87. The molecule has 1 aromatic carbocycles. The molecule has 1 N–H and O–H groups in total. The molecule has 0 atom stereocenters. The summed E-state index contributed by atoms with van der Waals surface area (Å²) in [6.45, 7) is 10.2. The van der Waals surface area contributed by atoms with Crippen molar-refractivity contribution in [1.82, 2.24) is 24.7 Å². The summed E-state index contributed by atoms with van der Waals surface area (Å²) in [7, 11) is 0. The van der Waals surface area contributed by atoms with Crippen LogP contribution in [0.5, 0.6) is 0 Å². The molecule has 3 aromatic rings. The van der Waals surface area contributed by atoms with Crippen LogP contribution in [-0.4, -0.2) is 30.9 Å². The first-order valence-electron chi connectivity index (χ1n) is 7.70. The van der Waals surface area contributed by atoms with Crippen LogP contribution in [0.15, 0.2) is 23.3 Å². The van der Waals surface area contributed by atoms with Gasteiger partial charge in [-0.3, -0.25) is 0 Å². The van der Waals surface area contributed by atoms with Crippen LogP contribution in [0, 0.1) is 39.4 Å². The van der Waals surface area contributed by atoms with Crippen molar-refractivity contribution >= 4 is 18.4 Å². The Kier molecular flexibility index (Phi) is 4.19. The molecule has 0 aliphatic heterocycles. The van der Waals surface area contributed by atoms with Crippen molar-refractivity contribution in [2.24, 2.45) is 5.10 Å². The molecule has 6 nitrogen and oxygen atoms in total. The predicted molar refractivity (Wildman–Crippen MR) is 97.7 cm³/mol. The third kappa shape index (κ3) is 2.94. The summed E-state index contributed by atoms with van der Waals surface area (Å²) in [5.74, 6) is 0.546. The average Bonchev–Trinajstić information content (AvgIpc) is 3.00. The topological polar surface area (TPSA) is 63.8 Å². The van der Waals surface area contributed by atoms with E-state index in [9.17, 15) is 0 Å². The van der Waals surface area contributed by atoms with Gasteiger partial charge in [0.05, 0.1) is 11.9 Å². The van der Waals surface area contributed by atoms with Gasteiger partial charge in [0.15, 0.2) is 0 Å². The predicted octanol–water partition coefficient (Wildman–Crippen LogP) is 3.55. The minimum atomic E-state index is 0.427. The molecule has 0 radical (unpaired) electrons. The molecule has 3 rings (SSSR count). The fourth-order valence-electron chi connectivity index (χ4n) is 2.87. The number of hydrogen-bond acceptors (Lipinski definition) is 4. The first-order valence-corrected chi connectivity index (χ1v) is 8.11. The number of rotatable bonds is 3. The van der Waals surface area contributed by atoms with Crippen LogP contribution < -0.4 is 0 Å². The van der Waals surface area contributed by atoms with Gasteiger partial charge in [-0.1, -0.05) is 17.7 Å². The summed E-state index contributed by atoms with van der Waals surface area (Å²) in [5, 5.41) is 16.0. The lowest BCUT2D eigenvalue weighted by Crippen LogP contribution is -2.07. The molecule has 0 saturated carbocycles. The van der Waals surface area contributed by atoms with E-state index in [1.54, 1.807) is 9.36 Å². The first-order chi connectivity index (χ1) is 11.4. The van der Waals surface area contributed by atoms with Crippen LogP contribution in [0.2, 0.25) is 0 Å². The molecule has 0 bridgehead atoms. The molecule has 7 heteroatoms. The number of aryl methyl sites for hydroxylation is 5. The molecule has 0 unspecified atom stereocenters. The van der Waals surface area contributed by atoms with E-state index >= 15 is 0 Å². The van der Waals surface area contributed by atoms with Crippen LogP contribution in [-0.2, 0) is 0 Å². The monoisotopic (exact) mass is 340 g/mol. The van der Waals surface area contributed by atoms with Crippen molar-refractivity contribution in [3.05, 3.63) is 56.6 Å². The zero-order valence-corrected chi connectivity index (χ0v) is 15.3. The minimum absolute atomic E-state index is 0.427. The van der Waals surface area contributed by atoms with Gasteiger partial charge >= 0.3 is 0 Å². The van der Waals surface area contributed by atoms with Gasteiger partial charge in [0.1, 0.15) is 0 Å². The van der Waals surface area contributed by atoms with Crippen LogP contribution in [0.25, 0.3) is 5.95 Å². The molecular formula is C17H20N6S. The maximum atomic E-state index is 5.31. The van der Waals surface area contributed by atoms with E-state index in [0.717, 1.165) is 17.0 Å². The molecule has 2 aromatic heterocycles. The molecule has 0 saturated heterocycles. The van der Waals surface area contributed by atoms with E-state index in [0.29, 0.717) is 10.7 Å². The highest BCUT2D eigenvalue weighted by molar-refractivity contribution is 7.71. The molecule has 24 heavy (non-hydrogen) atoms. The van der Waals surface area contributed by atoms with Crippen molar-refractivity contribution in [2.75, 3.05) is 0 Å². The Morgan fingerprint density at radius 3 is 2.33 bits per heavy atom. The second kappa shape index (κ2) is 6.16. The lowest BCUT2D eigenvalue weighted by atomic mass is 10.0. The number of benzene rings is 1. The number of hydrogen-bond donors (Lipinski definition) is 1. The molecule has 124 valence electrons. The van der Waals surface area contributed by atoms with E-state index in [2.05, 4.69) is 53.3 Å². The molecular weight excluding hydrogens is 320 g/mol. The van der Waals surface area contributed by atoms with Crippen LogP contribution in [0.1, 0.15) is 33.6 Å². The molecule has 0 amide bonds. The highest BCUT2D eigenvalue weighted by Crippen LogP contribution is 2.15. The number of aromatic nitrogens is 5. The summed E-state index contributed by atoms with van der Waals surface area (Å²) < 4.78 is 3.75. The minimum Gasteiger partial charge on any atom is -0.248 e. The van der Waals surface area contributed by atoms with Gasteiger partial charge in [0.25, 0.3) is 5.95 Å². The second-order valence-corrected chi connectivity index (χ2v) is 6.42. The molecule has 0 aliphatic carbocycles. The number of nitrogens with zero attached hydrogens (tertiary/aromatic N) is 5. The summed E-state index contributed by atoms with van der Waals surface area (Å²) in [6.07, 6.45) is 1.82. The number of aromatic amines is 1. The molecule has 0 aliphatic rings. The Morgan fingerprint density at radius 1 is 1.08 bits per heavy atom. The average molecular weight is 340 g/mol. The van der Waals surface area contributed by atoms with Crippen molar-refractivity contribution in [2.45, 2.75) is 34.6 Å². The molecule has 2 heterocycles. The quantitative estimate of drug-likeness (QED) is 0.586. The van der Waals surface area contributed by atoms with E-state index in [1.807, 2.05) is 26.1 Å². The largest absolute Gasteiger partial charge is 0.271 e. The lowest BCUT2D eigenvalue weighted by Gasteiger charge is -2.07. The van der Waals surface area contributed by atoms with Gasteiger partial charge in [-0.15, -0.1) is 5.10 Å². The van der Waals surface area contributed by atoms with E-state index < -0.39 is 0 Å². The zero-order valence-electron chi connectivity index (χ0n) is 14.5. The number of nitrogens with one attached hydrogen (secondary N) is 1. The fraction of sp³-hybridized carbons (Fsp3) is 0.294. The number of H-pyrrole nitrogens is 1. The maximum absolute atomic E-state index is 5.31. The van der Waals surface area contributed by atoms with Gasteiger partial charge in [-0.05, 0) is 64.0 Å². The summed E-state index contributed by atoms with van der Waals surface area (Å²) >= 11 is 5.31. The fourth-order valence-corrected chi connectivity index (χ4v) is 3.04. The lowest BCUT2D eigenvalue weighted by molar-refractivity contribution is 0.714. The normalized spacial score (nSPS) is 11.5. The van der Waals surface area contributed by atoms with Crippen molar-refractivity contribution < 1.29 is 0 Å². The first kappa shape index (κ1) is 16.3. The summed E-state index contributed by atoms with van der Waals surface area (Å²) in [5.41, 5.74) is 6.58. The summed E-state index contributed by atoms with van der Waals surface area (Å²) in [6, 6.07) is 6.27. The van der Waals surface area contributed by atoms with Crippen LogP contribution in [0.4, 0.5) is 0 Å². The Balaban J connectivity index is 2.08. The summed E-state index contributed by atoms with van der Waals surface area (Å²) in [4.78, 5) is 0. The molecule has 0 spiro atoms. The van der Waals surface area contributed by atoms with Crippen LogP contribution >= 0.6 is 12.2 Å². The van der Waals surface area contributed by atoms with Gasteiger partial charge in [0.2, 0.25) is 4.77 Å². The SMILES string of the molecule is Cc1cc(C)c(/C=N\n2c(-n3nc(C)cc3C)n[nH]c2=S)c(C)c1. The molecule has 0 fully saturated rings. The van der Waals surface area contributed by atoms with E-state index in [-0.39, 0.29) is 0 Å². The van der Waals surface area contributed by atoms with Gasteiger partial charge in [0, 0.05) is 11.3 Å². The Morgan fingerprint density at radius 2 is 1.75 bits per heavy atom.